The fourth-order valence-corrected chi connectivity index (χ4v) is 2.36. The molecule has 0 unspecified atom stereocenters. The van der Waals surface area contributed by atoms with Crippen LogP contribution in [0.1, 0.15) is 11.1 Å². The third-order valence-corrected chi connectivity index (χ3v) is 3.46. The highest BCUT2D eigenvalue weighted by atomic mass is 79.9. The molecule has 0 heterocycles. The highest BCUT2D eigenvalue weighted by Crippen LogP contribution is 2.26. The Balaban J connectivity index is 1.79. The average Bonchev–Trinajstić information content (AvgIpc) is 2.47. The average molecular weight is 336 g/mol. The first-order valence-electron chi connectivity index (χ1n) is 6.52. The number of ether oxygens (including phenoxy) is 2. The number of rotatable bonds is 7. The predicted molar refractivity (Wildman–Crippen MR) is 83.6 cm³/mol. The molecule has 0 saturated heterocycles. The zero-order chi connectivity index (χ0) is 14.2. The molecule has 2 N–H and O–H groups in total. The van der Waals surface area contributed by atoms with E-state index in [1.807, 2.05) is 48.5 Å². The van der Waals surface area contributed by atoms with Crippen molar-refractivity contribution in [3.05, 3.63) is 64.1 Å². The van der Waals surface area contributed by atoms with Crippen LogP contribution in [0.25, 0.3) is 0 Å². The summed E-state index contributed by atoms with van der Waals surface area (Å²) in [4.78, 5) is 0. The maximum Gasteiger partial charge on any atom is 0.189 e. The molecule has 20 heavy (non-hydrogen) atoms. The van der Waals surface area contributed by atoms with Crippen molar-refractivity contribution in [3.8, 4) is 5.75 Å². The molecule has 0 aliphatic carbocycles. The number of benzene rings is 2. The third kappa shape index (κ3) is 4.63. The number of halogens is 1. The van der Waals surface area contributed by atoms with Crippen molar-refractivity contribution >= 4 is 15.9 Å². The summed E-state index contributed by atoms with van der Waals surface area (Å²) < 4.78 is 12.0. The molecule has 2 aromatic rings. The van der Waals surface area contributed by atoms with Crippen molar-refractivity contribution in [2.45, 2.75) is 13.0 Å². The van der Waals surface area contributed by atoms with Crippen LogP contribution in [0, 0.1) is 0 Å². The molecule has 0 spiro atoms. The summed E-state index contributed by atoms with van der Waals surface area (Å²) in [6.45, 7) is 1.42. The van der Waals surface area contributed by atoms with Crippen LogP contribution < -0.4 is 10.5 Å². The van der Waals surface area contributed by atoms with Crippen LogP contribution in [0.5, 0.6) is 5.75 Å². The van der Waals surface area contributed by atoms with E-state index in [-0.39, 0.29) is 6.79 Å². The van der Waals surface area contributed by atoms with Gasteiger partial charge in [-0.15, -0.1) is 0 Å². The second kappa shape index (κ2) is 8.04. The summed E-state index contributed by atoms with van der Waals surface area (Å²) >= 11 is 3.49. The van der Waals surface area contributed by atoms with Gasteiger partial charge in [-0.25, -0.2) is 0 Å². The standard InChI is InChI=1S/C16H18BrNO2/c17-15-10-13(8-9-18)6-7-16(15)20-12-19-11-14-4-2-1-3-5-14/h1-7,10H,8-9,11-12,18H2. The van der Waals surface area contributed by atoms with E-state index in [1.54, 1.807) is 0 Å². The Morgan fingerprint density at radius 1 is 1.00 bits per heavy atom. The summed E-state index contributed by atoms with van der Waals surface area (Å²) in [6.07, 6.45) is 0.864. The Kier molecular flexibility index (Phi) is 6.05. The molecule has 0 bridgehead atoms. The molecular formula is C16H18BrNO2. The molecule has 106 valence electrons. The van der Waals surface area contributed by atoms with E-state index < -0.39 is 0 Å². The van der Waals surface area contributed by atoms with Gasteiger partial charge in [0.1, 0.15) is 5.75 Å². The maximum atomic E-state index is 5.59. The van der Waals surface area contributed by atoms with Crippen LogP contribution in [0.15, 0.2) is 53.0 Å². The molecule has 0 aliphatic heterocycles. The Labute approximate surface area is 127 Å². The first-order chi connectivity index (χ1) is 9.79. The van der Waals surface area contributed by atoms with Crippen LogP contribution in [0.2, 0.25) is 0 Å². The summed E-state index contributed by atoms with van der Waals surface area (Å²) in [6, 6.07) is 16.0. The molecule has 0 atom stereocenters. The van der Waals surface area contributed by atoms with Crippen molar-refractivity contribution in [1.29, 1.82) is 0 Å². The van der Waals surface area contributed by atoms with Crippen molar-refractivity contribution in [2.24, 2.45) is 5.73 Å². The van der Waals surface area contributed by atoms with Gasteiger partial charge >= 0.3 is 0 Å². The topological polar surface area (TPSA) is 44.5 Å². The Bertz CT molecular complexity index is 531. The van der Waals surface area contributed by atoms with Crippen LogP contribution >= 0.6 is 15.9 Å². The molecular weight excluding hydrogens is 318 g/mol. The number of nitrogens with two attached hydrogens (primary N) is 1. The first-order valence-corrected chi connectivity index (χ1v) is 7.32. The summed E-state index contributed by atoms with van der Waals surface area (Å²) in [7, 11) is 0. The molecule has 0 saturated carbocycles. The van der Waals surface area contributed by atoms with Crippen LogP contribution in [-0.4, -0.2) is 13.3 Å². The van der Waals surface area contributed by atoms with E-state index >= 15 is 0 Å². The molecule has 0 radical (unpaired) electrons. The van der Waals surface area contributed by atoms with Crippen molar-refractivity contribution in [2.75, 3.05) is 13.3 Å². The predicted octanol–water partition coefficient (Wildman–Crippen LogP) is 3.50. The molecule has 0 aromatic heterocycles. The molecule has 4 heteroatoms. The highest BCUT2D eigenvalue weighted by molar-refractivity contribution is 9.10. The minimum Gasteiger partial charge on any atom is -0.466 e. The maximum absolute atomic E-state index is 5.59. The van der Waals surface area contributed by atoms with E-state index in [4.69, 9.17) is 15.2 Å². The minimum atomic E-state index is 0.226. The van der Waals surface area contributed by atoms with Gasteiger partial charge in [-0.2, -0.15) is 0 Å². The Morgan fingerprint density at radius 2 is 1.80 bits per heavy atom. The van der Waals surface area contributed by atoms with E-state index in [2.05, 4.69) is 15.9 Å². The van der Waals surface area contributed by atoms with E-state index in [0.717, 1.165) is 22.2 Å². The Hall–Kier alpha value is -1.36. The van der Waals surface area contributed by atoms with Gasteiger partial charge in [-0.1, -0.05) is 36.4 Å². The molecule has 2 rings (SSSR count). The zero-order valence-corrected chi connectivity index (χ0v) is 12.8. The number of hydrogen-bond acceptors (Lipinski definition) is 3. The second-order valence-corrected chi connectivity index (χ2v) is 5.25. The van der Waals surface area contributed by atoms with Crippen molar-refractivity contribution in [3.63, 3.8) is 0 Å². The summed E-state index contributed by atoms with van der Waals surface area (Å²) in [5, 5.41) is 0. The minimum absolute atomic E-state index is 0.226. The van der Waals surface area contributed by atoms with Gasteiger partial charge in [0, 0.05) is 0 Å². The van der Waals surface area contributed by atoms with Gasteiger partial charge in [-0.3, -0.25) is 0 Å². The zero-order valence-electron chi connectivity index (χ0n) is 11.2. The van der Waals surface area contributed by atoms with Gasteiger partial charge in [-0.05, 0) is 52.2 Å². The van der Waals surface area contributed by atoms with Gasteiger partial charge in [0.15, 0.2) is 6.79 Å². The van der Waals surface area contributed by atoms with Gasteiger partial charge in [0.2, 0.25) is 0 Å². The lowest BCUT2D eigenvalue weighted by Crippen LogP contribution is -2.05. The van der Waals surface area contributed by atoms with Crippen molar-refractivity contribution < 1.29 is 9.47 Å². The van der Waals surface area contributed by atoms with Crippen LogP contribution in [0.3, 0.4) is 0 Å². The highest BCUT2D eigenvalue weighted by Gasteiger charge is 2.02. The van der Waals surface area contributed by atoms with Crippen LogP contribution in [-0.2, 0) is 17.8 Å². The molecule has 0 aliphatic rings. The third-order valence-electron chi connectivity index (χ3n) is 2.84. The lowest BCUT2D eigenvalue weighted by Gasteiger charge is -2.10. The second-order valence-electron chi connectivity index (χ2n) is 4.40. The molecule has 2 aromatic carbocycles. The molecule has 0 amide bonds. The van der Waals surface area contributed by atoms with Crippen LogP contribution in [0.4, 0.5) is 0 Å². The summed E-state index contributed by atoms with van der Waals surface area (Å²) in [5.74, 6) is 0.777. The quantitative estimate of drug-likeness (QED) is 0.622. The van der Waals surface area contributed by atoms with Gasteiger partial charge in [0.05, 0.1) is 11.1 Å². The first kappa shape index (κ1) is 15.0. The molecule has 3 nitrogen and oxygen atoms in total. The fourth-order valence-electron chi connectivity index (χ4n) is 1.82. The van der Waals surface area contributed by atoms with E-state index in [9.17, 15) is 0 Å². The molecule has 0 fully saturated rings. The fraction of sp³-hybridized carbons (Fsp3) is 0.250. The van der Waals surface area contributed by atoms with Gasteiger partial charge < -0.3 is 15.2 Å². The number of hydrogen-bond donors (Lipinski definition) is 1. The van der Waals surface area contributed by atoms with E-state index in [1.165, 1.54) is 5.56 Å². The lowest BCUT2D eigenvalue weighted by molar-refractivity contribution is 0.00462. The monoisotopic (exact) mass is 335 g/mol. The summed E-state index contributed by atoms with van der Waals surface area (Å²) in [5.41, 5.74) is 7.86. The smallest absolute Gasteiger partial charge is 0.189 e. The largest absolute Gasteiger partial charge is 0.466 e. The normalized spacial score (nSPS) is 10.5. The van der Waals surface area contributed by atoms with Crippen molar-refractivity contribution in [1.82, 2.24) is 0 Å². The van der Waals surface area contributed by atoms with Gasteiger partial charge in [0.25, 0.3) is 0 Å². The van der Waals surface area contributed by atoms with E-state index in [0.29, 0.717) is 13.2 Å². The lowest BCUT2D eigenvalue weighted by atomic mass is 10.1. The SMILES string of the molecule is NCCc1ccc(OCOCc2ccccc2)c(Br)c1. The Morgan fingerprint density at radius 3 is 2.50 bits per heavy atom.